The van der Waals surface area contributed by atoms with Crippen LogP contribution in [0.25, 0.3) is 4.96 Å². The first-order valence-electron chi connectivity index (χ1n) is 6.91. The molecule has 0 amide bonds. The zero-order valence-corrected chi connectivity index (χ0v) is 13.3. The van der Waals surface area contributed by atoms with Crippen LogP contribution in [-0.2, 0) is 10.0 Å². The van der Waals surface area contributed by atoms with Gasteiger partial charge in [-0.05, 0) is 19.8 Å². The van der Waals surface area contributed by atoms with E-state index in [1.165, 1.54) is 15.6 Å². The molecule has 0 aromatic carbocycles. The Morgan fingerprint density at radius 2 is 2.33 bits per heavy atom. The predicted octanol–water partition coefficient (Wildman–Crippen LogP) is 0.973. The molecule has 1 fully saturated rings. The van der Waals surface area contributed by atoms with E-state index in [0.717, 1.165) is 12.8 Å². The first-order chi connectivity index (χ1) is 10.1. The van der Waals surface area contributed by atoms with Gasteiger partial charge in [-0.15, -0.1) is 11.3 Å². The van der Waals surface area contributed by atoms with Crippen molar-refractivity contribution >= 4 is 32.1 Å². The summed E-state index contributed by atoms with van der Waals surface area (Å²) in [6.07, 6.45) is 3.41. The highest BCUT2D eigenvalue weighted by Gasteiger charge is 2.40. The van der Waals surface area contributed by atoms with Crippen LogP contribution in [0.15, 0.2) is 16.6 Å². The molecule has 116 valence electrons. The molecule has 0 atom stereocenters. The minimum atomic E-state index is -3.69. The highest BCUT2D eigenvalue weighted by molar-refractivity contribution is 7.89. The second kappa shape index (κ2) is 5.56. The van der Waals surface area contributed by atoms with Gasteiger partial charge >= 0.3 is 0 Å². The highest BCUT2D eigenvalue weighted by atomic mass is 32.2. The number of hydrogen-bond acceptors (Lipinski definition) is 6. The Balaban J connectivity index is 2.11. The Labute approximate surface area is 127 Å². The normalized spacial score (nSPS) is 16.0. The molecule has 3 rings (SSSR count). The number of aliphatic hydroxyl groups is 1. The van der Waals surface area contributed by atoms with E-state index in [4.69, 9.17) is 0 Å². The average molecular weight is 330 g/mol. The van der Waals surface area contributed by atoms with Crippen LogP contribution in [0.1, 0.15) is 19.8 Å². The van der Waals surface area contributed by atoms with E-state index in [1.807, 2.05) is 12.3 Å². The van der Waals surface area contributed by atoms with Gasteiger partial charge in [-0.25, -0.2) is 13.4 Å². The number of imidazole rings is 1. The molecule has 0 unspecified atom stereocenters. The fourth-order valence-electron chi connectivity index (χ4n) is 2.37. The van der Waals surface area contributed by atoms with Gasteiger partial charge in [0.2, 0.25) is 0 Å². The SMILES string of the molecule is CCNc1nc2sccn2c1S(=O)(=O)N(CCO)C1CC1. The molecular weight excluding hydrogens is 312 g/mol. The van der Waals surface area contributed by atoms with Crippen molar-refractivity contribution in [3.63, 3.8) is 0 Å². The number of rotatable bonds is 7. The third-order valence-electron chi connectivity index (χ3n) is 3.39. The van der Waals surface area contributed by atoms with Crippen LogP contribution in [0.4, 0.5) is 5.82 Å². The van der Waals surface area contributed by atoms with Crippen molar-refractivity contribution in [2.45, 2.75) is 30.8 Å². The van der Waals surface area contributed by atoms with Crippen molar-refractivity contribution in [2.24, 2.45) is 0 Å². The van der Waals surface area contributed by atoms with Gasteiger partial charge in [-0.1, -0.05) is 0 Å². The molecule has 7 nitrogen and oxygen atoms in total. The lowest BCUT2D eigenvalue weighted by Gasteiger charge is -2.21. The number of hydrogen-bond donors (Lipinski definition) is 2. The number of fused-ring (bicyclic) bond motifs is 1. The maximum Gasteiger partial charge on any atom is 0.263 e. The first-order valence-corrected chi connectivity index (χ1v) is 9.23. The van der Waals surface area contributed by atoms with E-state index in [9.17, 15) is 13.5 Å². The van der Waals surface area contributed by atoms with Crippen molar-refractivity contribution in [2.75, 3.05) is 25.0 Å². The molecule has 0 saturated heterocycles. The molecule has 0 radical (unpaired) electrons. The van der Waals surface area contributed by atoms with Gasteiger partial charge in [-0.2, -0.15) is 4.31 Å². The van der Waals surface area contributed by atoms with Gasteiger partial charge in [-0.3, -0.25) is 4.40 Å². The summed E-state index contributed by atoms with van der Waals surface area (Å²) in [4.78, 5) is 5.00. The van der Waals surface area contributed by atoms with E-state index in [0.29, 0.717) is 17.3 Å². The number of anilines is 1. The monoisotopic (exact) mass is 330 g/mol. The molecule has 1 aliphatic carbocycles. The number of aromatic nitrogens is 2. The maximum absolute atomic E-state index is 13.0. The minimum Gasteiger partial charge on any atom is -0.395 e. The molecule has 1 aliphatic rings. The Morgan fingerprint density at radius 1 is 1.57 bits per heavy atom. The summed E-state index contributed by atoms with van der Waals surface area (Å²) in [6.45, 7) is 2.43. The lowest BCUT2D eigenvalue weighted by Crippen LogP contribution is -2.36. The van der Waals surface area contributed by atoms with Crippen LogP contribution in [0, 0.1) is 0 Å². The van der Waals surface area contributed by atoms with E-state index < -0.39 is 10.0 Å². The van der Waals surface area contributed by atoms with Gasteiger partial charge in [0.15, 0.2) is 15.8 Å². The second-order valence-electron chi connectivity index (χ2n) is 4.92. The summed E-state index contributed by atoms with van der Waals surface area (Å²) < 4.78 is 29.0. The number of nitrogens with zero attached hydrogens (tertiary/aromatic N) is 3. The topological polar surface area (TPSA) is 86.9 Å². The van der Waals surface area contributed by atoms with Gasteiger partial charge in [0, 0.05) is 30.7 Å². The van der Waals surface area contributed by atoms with Gasteiger partial charge in [0.1, 0.15) is 0 Å². The van der Waals surface area contributed by atoms with Gasteiger partial charge < -0.3 is 10.4 Å². The van der Waals surface area contributed by atoms with Crippen LogP contribution >= 0.6 is 11.3 Å². The third-order valence-corrected chi connectivity index (χ3v) is 6.12. The van der Waals surface area contributed by atoms with Gasteiger partial charge in [0.05, 0.1) is 6.61 Å². The molecule has 2 aromatic heterocycles. The zero-order valence-electron chi connectivity index (χ0n) is 11.7. The van der Waals surface area contributed by atoms with Crippen LogP contribution in [0.3, 0.4) is 0 Å². The number of nitrogens with one attached hydrogen (secondary N) is 1. The fraction of sp³-hybridized carbons (Fsp3) is 0.583. The van der Waals surface area contributed by atoms with Crippen LogP contribution in [0.5, 0.6) is 0 Å². The Hall–Kier alpha value is -1.16. The molecule has 21 heavy (non-hydrogen) atoms. The lowest BCUT2D eigenvalue weighted by molar-refractivity contribution is 0.250. The van der Waals surface area contributed by atoms with Gasteiger partial charge in [0.25, 0.3) is 10.0 Å². The summed E-state index contributed by atoms with van der Waals surface area (Å²) in [7, 11) is -3.69. The Kier molecular flexibility index (Phi) is 3.91. The third kappa shape index (κ3) is 2.54. The maximum atomic E-state index is 13.0. The molecule has 0 aliphatic heterocycles. The van der Waals surface area contributed by atoms with Crippen molar-refractivity contribution < 1.29 is 13.5 Å². The number of thiazole rings is 1. The summed E-state index contributed by atoms with van der Waals surface area (Å²) in [6, 6.07) is 0.000752. The highest BCUT2D eigenvalue weighted by Crippen LogP contribution is 2.35. The summed E-state index contributed by atoms with van der Waals surface area (Å²) in [5.41, 5.74) is 0. The standard InChI is InChI=1S/C12H18N4O3S2/c1-2-13-10-11(15-6-8-20-12(15)14-10)21(18,19)16(5-7-17)9-3-4-9/h6,8-9,13,17H,2-5,7H2,1H3. The van der Waals surface area contributed by atoms with Crippen molar-refractivity contribution in [3.05, 3.63) is 11.6 Å². The molecule has 0 spiro atoms. The fourth-order valence-corrected chi connectivity index (χ4v) is 5.04. The number of sulfonamides is 1. The zero-order chi connectivity index (χ0) is 15.0. The van der Waals surface area contributed by atoms with Crippen molar-refractivity contribution in [3.8, 4) is 0 Å². The van der Waals surface area contributed by atoms with Crippen LogP contribution < -0.4 is 5.32 Å². The van der Waals surface area contributed by atoms with E-state index >= 15 is 0 Å². The quantitative estimate of drug-likeness (QED) is 0.790. The molecule has 9 heteroatoms. The number of aliphatic hydroxyl groups excluding tert-OH is 1. The lowest BCUT2D eigenvalue weighted by atomic mass is 10.6. The van der Waals surface area contributed by atoms with Crippen LogP contribution in [-0.4, -0.2) is 53.0 Å². The van der Waals surface area contributed by atoms with E-state index in [-0.39, 0.29) is 24.2 Å². The summed E-state index contributed by atoms with van der Waals surface area (Å²) in [5, 5.41) is 14.2. The Bertz CT molecular complexity index is 733. The summed E-state index contributed by atoms with van der Waals surface area (Å²) in [5.74, 6) is 0.382. The van der Waals surface area contributed by atoms with Crippen molar-refractivity contribution in [1.29, 1.82) is 0 Å². The molecule has 1 saturated carbocycles. The molecule has 2 N–H and O–H groups in total. The smallest absolute Gasteiger partial charge is 0.263 e. The first kappa shape index (κ1) is 14.8. The predicted molar refractivity (Wildman–Crippen MR) is 81.2 cm³/mol. The molecule has 2 aromatic rings. The van der Waals surface area contributed by atoms with Crippen LogP contribution in [0.2, 0.25) is 0 Å². The molecular formula is C12H18N4O3S2. The van der Waals surface area contributed by atoms with E-state index in [2.05, 4.69) is 10.3 Å². The van der Waals surface area contributed by atoms with Crippen molar-refractivity contribution in [1.82, 2.24) is 13.7 Å². The summed E-state index contributed by atoms with van der Waals surface area (Å²) >= 11 is 1.39. The average Bonchev–Trinajstić information content (AvgIpc) is 3.06. The molecule has 2 heterocycles. The van der Waals surface area contributed by atoms with E-state index in [1.54, 1.807) is 10.6 Å². The second-order valence-corrected chi connectivity index (χ2v) is 7.60. The molecule has 0 bridgehead atoms. The largest absolute Gasteiger partial charge is 0.395 e. The Morgan fingerprint density at radius 3 is 2.95 bits per heavy atom. The minimum absolute atomic E-state index is 0.000752.